The van der Waals surface area contributed by atoms with Gasteiger partial charge in [0.1, 0.15) is 5.75 Å². The first kappa shape index (κ1) is 15.3. The van der Waals surface area contributed by atoms with Crippen LogP contribution < -0.4 is 15.0 Å². The number of piperidine rings is 1. The van der Waals surface area contributed by atoms with E-state index < -0.39 is 6.10 Å². The van der Waals surface area contributed by atoms with E-state index in [1.807, 2.05) is 12.1 Å². The molecule has 1 saturated heterocycles. The number of alkyl halides is 1. The third-order valence-corrected chi connectivity index (χ3v) is 3.95. The summed E-state index contributed by atoms with van der Waals surface area (Å²) in [4.78, 5) is 2.37. The molecule has 1 heterocycles. The average molecular weight is 299 g/mol. The second-order valence-electron chi connectivity index (χ2n) is 5.12. The molecule has 112 valence electrons. The van der Waals surface area contributed by atoms with Crippen LogP contribution in [0.15, 0.2) is 18.2 Å². The van der Waals surface area contributed by atoms with Gasteiger partial charge in [-0.2, -0.15) is 0 Å². The van der Waals surface area contributed by atoms with Crippen LogP contribution in [0.25, 0.3) is 0 Å². The summed E-state index contributed by atoms with van der Waals surface area (Å²) in [6, 6.07) is 6.08. The number of aliphatic hydroxyl groups excluding tert-OH is 1. The molecule has 0 spiro atoms. The van der Waals surface area contributed by atoms with E-state index in [9.17, 15) is 5.11 Å². The van der Waals surface area contributed by atoms with Crippen molar-refractivity contribution in [2.75, 3.05) is 42.8 Å². The van der Waals surface area contributed by atoms with Crippen LogP contribution in [0.5, 0.6) is 5.75 Å². The summed E-state index contributed by atoms with van der Waals surface area (Å²) in [5, 5.41) is 12.6. The molecule has 0 amide bonds. The van der Waals surface area contributed by atoms with Crippen LogP contribution in [0.2, 0.25) is 0 Å². The van der Waals surface area contributed by atoms with Crippen LogP contribution in [0.3, 0.4) is 0 Å². The molecule has 1 fully saturated rings. The van der Waals surface area contributed by atoms with Crippen molar-refractivity contribution >= 4 is 23.0 Å². The number of anilines is 2. The Bertz CT molecular complexity index is 422. The lowest BCUT2D eigenvalue weighted by Gasteiger charge is -2.30. The Labute approximate surface area is 125 Å². The fraction of sp³-hybridized carbons (Fsp3) is 0.600. The molecule has 0 aromatic heterocycles. The van der Waals surface area contributed by atoms with Gasteiger partial charge in [-0.25, -0.2) is 0 Å². The molecule has 5 heteroatoms. The Hall–Kier alpha value is -1.13. The highest BCUT2D eigenvalue weighted by Crippen LogP contribution is 2.32. The number of hydrogen-bond donors (Lipinski definition) is 2. The molecule has 1 atom stereocenters. The number of benzene rings is 1. The zero-order valence-electron chi connectivity index (χ0n) is 11.9. The standard InChI is InChI=1S/C15H23ClN2O2/c1-20-15-9-12(17-11-13(19)10-16)5-6-14(15)18-7-3-2-4-8-18/h5-6,9,13,17,19H,2-4,7-8,10-11H2,1H3. The van der Waals surface area contributed by atoms with Gasteiger partial charge in [0.05, 0.1) is 24.8 Å². The van der Waals surface area contributed by atoms with Gasteiger partial charge in [0, 0.05) is 31.4 Å². The number of nitrogens with zero attached hydrogens (tertiary/aromatic N) is 1. The van der Waals surface area contributed by atoms with Crippen LogP contribution >= 0.6 is 11.6 Å². The first-order valence-corrected chi connectivity index (χ1v) is 7.69. The zero-order chi connectivity index (χ0) is 14.4. The normalized spacial score (nSPS) is 16.9. The number of rotatable bonds is 6. The van der Waals surface area contributed by atoms with Crippen molar-refractivity contribution in [2.45, 2.75) is 25.4 Å². The smallest absolute Gasteiger partial charge is 0.144 e. The van der Waals surface area contributed by atoms with Crippen LogP contribution in [0.1, 0.15) is 19.3 Å². The molecule has 4 nitrogen and oxygen atoms in total. The number of halogens is 1. The van der Waals surface area contributed by atoms with Crippen molar-refractivity contribution in [3.8, 4) is 5.75 Å². The molecule has 0 saturated carbocycles. The molecule has 2 rings (SSSR count). The van der Waals surface area contributed by atoms with Crippen LogP contribution in [-0.4, -0.2) is 43.8 Å². The van der Waals surface area contributed by atoms with Crippen molar-refractivity contribution in [3.05, 3.63) is 18.2 Å². The van der Waals surface area contributed by atoms with E-state index in [2.05, 4.69) is 16.3 Å². The van der Waals surface area contributed by atoms with E-state index in [0.717, 1.165) is 30.2 Å². The zero-order valence-corrected chi connectivity index (χ0v) is 12.7. The first-order valence-electron chi connectivity index (χ1n) is 7.15. The number of aliphatic hydroxyl groups is 1. The van der Waals surface area contributed by atoms with Crippen molar-refractivity contribution in [1.29, 1.82) is 0 Å². The first-order chi connectivity index (χ1) is 9.74. The van der Waals surface area contributed by atoms with Crippen molar-refractivity contribution < 1.29 is 9.84 Å². The maximum Gasteiger partial charge on any atom is 0.144 e. The fourth-order valence-electron chi connectivity index (χ4n) is 2.47. The van der Waals surface area contributed by atoms with Crippen LogP contribution in [0.4, 0.5) is 11.4 Å². The number of ether oxygens (including phenoxy) is 1. The van der Waals surface area contributed by atoms with E-state index in [0.29, 0.717) is 6.54 Å². The third-order valence-electron chi connectivity index (χ3n) is 3.60. The summed E-state index contributed by atoms with van der Waals surface area (Å²) in [5.74, 6) is 1.10. The van der Waals surface area contributed by atoms with Gasteiger partial charge in [0.2, 0.25) is 0 Å². The second-order valence-corrected chi connectivity index (χ2v) is 5.43. The molecule has 1 unspecified atom stereocenters. The van der Waals surface area contributed by atoms with E-state index in [1.165, 1.54) is 19.3 Å². The fourth-order valence-corrected chi connectivity index (χ4v) is 2.58. The lowest BCUT2D eigenvalue weighted by Crippen LogP contribution is -2.29. The summed E-state index contributed by atoms with van der Waals surface area (Å²) < 4.78 is 5.50. The average Bonchev–Trinajstić information content (AvgIpc) is 2.53. The summed E-state index contributed by atoms with van der Waals surface area (Å²) in [6.45, 7) is 2.62. The maximum atomic E-state index is 9.47. The van der Waals surface area contributed by atoms with E-state index in [1.54, 1.807) is 7.11 Å². The van der Waals surface area contributed by atoms with Gasteiger partial charge in [-0.15, -0.1) is 11.6 Å². The highest BCUT2D eigenvalue weighted by atomic mass is 35.5. The van der Waals surface area contributed by atoms with Gasteiger partial charge in [0.25, 0.3) is 0 Å². The molecule has 20 heavy (non-hydrogen) atoms. The Morgan fingerprint density at radius 1 is 1.35 bits per heavy atom. The monoisotopic (exact) mass is 298 g/mol. The molecule has 2 N–H and O–H groups in total. The quantitative estimate of drug-likeness (QED) is 0.793. The highest BCUT2D eigenvalue weighted by Gasteiger charge is 2.15. The van der Waals surface area contributed by atoms with Gasteiger partial charge >= 0.3 is 0 Å². The maximum absolute atomic E-state index is 9.47. The van der Waals surface area contributed by atoms with Gasteiger partial charge in [-0.05, 0) is 31.4 Å². The van der Waals surface area contributed by atoms with Gasteiger partial charge in [-0.1, -0.05) is 0 Å². The minimum atomic E-state index is -0.538. The molecular formula is C15H23ClN2O2. The predicted molar refractivity (Wildman–Crippen MR) is 84.3 cm³/mol. The summed E-state index contributed by atoms with van der Waals surface area (Å²) in [7, 11) is 1.69. The molecule has 1 aliphatic heterocycles. The second kappa shape index (κ2) is 7.60. The topological polar surface area (TPSA) is 44.7 Å². The minimum Gasteiger partial charge on any atom is -0.495 e. The number of hydrogen-bond acceptors (Lipinski definition) is 4. The third kappa shape index (κ3) is 3.93. The van der Waals surface area contributed by atoms with E-state index in [-0.39, 0.29) is 5.88 Å². The molecule has 0 aliphatic carbocycles. The Kier molecular flexibility index (Phi) is 5.80. The van der Waals surface area contributed by atoms with Crippen LogP contribution in [0, 0.1) is 0 Å². The molecule has 1 aliphatic rings. The van der Waals surface area contributed by atoms with Crippen molar-refractivity contribution in [3.63, 3.8) is 0 Å². The number of methoxy groups -OCH3 is 1. The molecular weight excluding hydrogens is 276 g/mol. The largest absolute Gasteiger partial charge is 0.495 e. The summed E-state index contributed by atoms with van der Waals surface area (Å²) >= 11 is 5.58. The Morgan fingerprint density at radius 2 is 2.10 bits per heavy atom. The van der Waals surface area contributed by atoms with E-state index >= 15 is 0 Å². The Morgan fingerprint density at radius 3 is 2.75 bits per heavy atom. The van der Waals surface area contributed by atoms with Crippen LogP contribution in [-0.2, 0) is 0 Å². The van der Waals surface area contributed by atoms with E-state index in [4.69, 9.17) is 16.3 Å². The van der Waals surface area contributed by atoms with Gasteiger partial charge in [-0.3, -0.25) is 0 Å². The lowest BCUT2D eigenvalue weighted by molar-refractivity contribution is 0.211. The Balaban J connectivity index is 2.06. The molecule has 1 aromatic carbocycles. The highest BCUT2D eigenvalue weighted by molar-refractivity contribution is 6.18. The number of nitrogens with one attached hydrogen (secondary N) is 1. The minimum absolute atomic E-state index is 0.232. The SMILES string of the molecule is COc1cc(NCC(O)CCl)ccc1N1CCCCC1. The molecule has 0 bridgehead atoms. The molecule has 1 aromatic rings. The summed E-state index contributed by atoms with van der Waals surface area (Å²) in [6.07, 6.45) is 3.26. The van der Waals surface area contributed by atoms with Gasteiger partial charge in [0.15, 0.2) is 0 Å². The van der Waals surface area contributed by atoms with Gasteiger partial charge < -0.3 is 20.1 Å². The predicted octanol–water partition coefficient (Wildman–Crippen LogP) is 2.70. The molecule has 0 radical (unpaired) electrons. The van der Waals surface area contributed by atoms with Crippen molar-refractivity contribution in [2.24, 2.45) is 0 Å². The summed E-state index contributed by atoms with van der Waals surface area (Å²) in [5.41, 5.74) is 2.09. The van der Waals surface area contributed by atoms with Crippen molar-refractivity contribution in [1.82, 2.24) is 0 Å². The lowest BCUT2D eigenvalue weighted by atomic mass is 10.1.